The fourth-order valence-electron chi connectivity index (χ4n) is 3.03. The quantitative estimate of drug-likeness (QED) is 0.317. The molecule has 0 spiro atoms. The minimum Gasteiger partial charge on any atom is -0.271 e. The van der Waals surface area contributed by atoms with E-state index in [-0.39, 0.29) is 10.6 Å². The first-order valence-electron chi connectivity index (χ1n) is 10.2. The predicted molar refractivity (Wildman–Crippen MR) is 133 cm³/mol. The molecule has 0 aliphatic heterocycles. The van der Waals surface area contributed by atoms with Crippen LogP contribution in [0.1, 0.15) is 18.9 Å². The molecule has 6 nitrogen and oxygen atoms in total. The van der Waals surface area contributed by atoms with Crippen LogP contribution in [-0.2, 0) is 21.2 Å². The molecule has 0 saturated heterocycles. The number of aryl methyl sites for hydroxylation is 1. The zero-order valence-electron chi connectivity index (χ0n) is 17.9. The number of nitrogens with zero attached hydrogens (tertiary/aromatic N) is 2. The Hall–Kier alpha value is -2.87. The summed E-state index contributed by atoms with van der Waals surface area (Å²) < 4.78 is 27.6. The van der Waals surface area contributed by atoms with Crippen LogP contribution in [0.25, 0.3) is 0 Å². The molecule has 0 fully saturated rings. The monoisotopic (exact) mass is 503 g/mol. The van der Waals surface area contributed by atoms with Crippen molar-refractivity contribution in [1.82, 2.24) is 5.43 Å². The molecule has 0 aliphatic rings. The van der Waals surface area contributed by atoms with E-state index in [1.807, 2.05) is 37.3 Å². The van der Waals surface area contributed by atoms with E-state index in [0.29, 0.717) is 16.5 Å². The van der Waals surface area contributed by atoms with Crippen LogP contribution in [-0.4, -0.2) is 26.6 Å². The number of hydrogen-bond acceptors (Lipinski definition) is 4. The van der Waals surface area contributed by atoms with E-state index in [1.165, 1.54) is 35.9 Å². The van der Waals surface area contributed by atoms with Crippen molar-refractivity contribution in [3.8, 4) is 0 Å². The maximum absolute atomic E-state index is 13.3. The lowest BCUT2D eigenvalue weighted by atomic mass is 10.1. The molecule has 0 aliphatic carbocycles. The largest absolute Gasteiger partial charge is 0.271 e. The van der Waals surface area contributed by atoms with Gasteiger partial charge in [-0.3, -0.25) is 9.10 Å². The van der Waals surface area contributed by atoms with Gasteiger partial charge in [-0.2, -0.15) is 5.10 Å². The van der Waals surface area contributed by atoms with Gasteiger partial charge in [0.1, 0.15) is 6.54 Å². The second-order valence-electron chi connectivity index (χ2n) is 7.31. The summed E-state index contributed by atoms with van der Waals surface area (Å²) in [6, 6.07) is 22.0. The predicted octanol–water partition coefficient (Wildman–Crippen LogP) is 5.31. The van der Waals surface area contributed by atoms with E-state index in [2.05, 4.69) is 10.5 Å². The van der Waals surface area contributed by atoms with Gasteiger partial charge in [0.2, 0.25) is 0 Å². The molecule has 0 saturated carbocycles. The Morgan fingerprint density at radius 1 is 0.939 bits per heavy atom. The highest BCUT2D eigenvalue weighted by Crippen LogP contribution is 2.26. The Balaban J connectivity index is 1.75. The van der Waals surface area contributed by atoms with Crippen LogP contribution in [0.4, 0.5) is 5.69 Å². The SMILES string of the molecule is C/C(CCc1ccccc1)=N/NC(=O)CN(c1cccc(Cl)c1)S(=O)(=O)c1ccc(Cl)cc1. The molecule has 1 N–H and O–H groups in total. The van der Waals surface area contributed by atoms with Gasteiger partial charge in [-0.25, -0.2) is 13.8 Å². The Labute approximate surface area is 203 Å². The molecule has 3 rings (SSSR count). The van der Waals surface area contributed by atoms with Crippen molar-refractivity contribution < 1.29 is 13.2 Å². The minimum absolute atomic E-state index is 0.00205. The summed E-state index contributed by atoms with van der Waals surface area (Å²) in [6.45, 7) is 1.34. The van der Waals surface area contributed by atoms with Gasteiger partial charge >= 0.3 is 0 Å². The average Bonchev–Trinajstić information content (AvgIpc) is 2.80. The van der Waals surface area contributed by atoms with Crippen molar-refractivity contribution in [2.75, 3.05) is 10.8 Å². The van der Waals surface area contributed by atoms with Gasteiger partial charge in [0.05, 0.1) is 10.6 Å². The standard InChI is InChI=1S/C24H23Cl2N3O3S/c1-18(10-11-19-6-3-2-4-7-19)27-28-24(30)17-29(22-9-5-8-21(26)16-22)33(31,32)23-14-12-20(25)13-15-23/h2-9,12-16H,10-11,17H2,1H3,(H,28,30)/b27-18-. The van der Waals surface area contributed by atoms with Crippen LogP contribution < -0.4 is 9.73 Å². The van der Waals surface area contributed by atoms with Crippen molar-refractivity contribution in [1.29, 1.82) is 0 Å². The van der Waals surface area contributed by atoms with Crippen molar-refractivity contribution >= 4 is 50.5 Å². The third-order valence-electron chi connectivity index (χ3n) is 4.77. The lowest BCUT2D eigenvalue weighted by Crippen LogP contribution is -2.39. The highest BCUT2D eigenvalue weighted by atomic mass is 35.5. The molecular weight excluding hydrogens is 481 g/mol. The van der Waals surface area contributed by atoms with Crippen LogP contribution in [0.3, 0.4) is 0 Å². The molecule has 0 unspecified atom stereocenters. The summed E-state index contributed by atoms with van der Waals surface area (Å²) in [5.41, 5.74) is 4.61. The van der Waals surface area contributed by atoms with Crippen molar-refractivity contribution in [3.05, 3.63) is 94.5 Å². The molecule has 0 atom stereocenters. The van der Waals surface area contributed by atoms with Gasteiger partial charge in [-0.05, 0) is 67.8 Å². The number of anilines is 1. The summed E-state index contributed by atoms with van der Waals surface area (Å²) in [5, 5.41) is 4.87. The number of benzene rings is 3. The molecule has 33 heavy (non-hydrogen) atoms. The molecule has 0 radical (unpaired) electrons. The van der Waals surface area contributed by atoms with Gasteiger partial charge in [0, 0.05) is 15.8 Å². The number of hydrogen-bond donors (Lipinski definition) is 1. The Morgan fingerprint density at radius 2 is 1.64 bits per heavy atom. The lowest BCUT2D eigenvalue weighted by molar-refractivity contribution is -0.119. The second-order valence-corrected chi connectivity index (χ2v) is 10.0. The van der Waals surface area contributed by atoms with Gasteiger partial charge in [0.15, 0.2) is 0 Å². The first kappa shape index (κ1) is 24.8. The molecular formula is C24H23Cl2N3O3S. The highest BCUT2D eigenvalue weighted by molar-refractivity contribution is 7.92. The molecule has 0 heterocycles. The van der Waals surface area contributed by atoms with Crippen molar-refractivity contribution in [2.45, 2.75) is 24.7 Å². The highest BCUT2D eigenvalue weighted by Gasteiger charge is 2.27. The molecule has 9 heteroatoms. The van der Waals surface area contributed by atoms with Crippen molar-refractivity contribution in [3.63, 3.8) is 0 Å². The van der Waals surface area contributed by atoms with Crippen LogP contribution >= 0.6 is 23.2 Å². The molecule has 3 aromatic rings. The lowest BCUT2D eigenvalue weighted by Gasteiger charge is -2.24. The third-order valence-corrected chi connectivity index (χ3v) is 7.05. The van der Waals surface area contributed by atoms with E-state index in [9.17, 15) is 13.2 Å². The van der Waals surface area contributed by atoms with Gasteiger partial charge in [-0.1, -0.05) is 59.6 Å². The number of carbonyl (C=O) groups is 1. The number of rotatable bonds is 9. The topological polar surface area (TPSA) is 78.8 Å². The maximum Gasteiger partial charge on any atom is 0.264 e. The van der Waals surface area contributed by atoms with Crippen LogP contribution in [0.5, 0.6) is 0 Å². The molecule has 0 bridgehead atoms. The summed E-state index contributed by atoms with van der Waals surface area (Å²) in [5.74, 6) is -0.577. The van der Waals surface area contributed by atoms with Gasteiger partial charge in [-0.15, -0.1) is 0 Å². The van der Waals surface area contributed by atoms with E-state index < -0.39 is 22.5 Å². The summed E-state index contributed by atoms with van der Waals surface area (Å²) in [7, 11) is -4.06. The fraction of sp³-hybridized carbons (Fsp3) is 0.167. The number of sulfonamides is 1. The Kier molecular flexibility index (Phi) is 8.49. The zero-order chi connectivity index (χ0) is 23.8. The summed E-state index contributed by atoms with van der Waals surface area (Å²) in [6.07, 6.45) is 1.44. The Morgan fingerprint density at radius 3 is 2.30 bits per heavy atom. The number of hydrazone groups is 1. The van der Waals surface area contributed by atoms with Gasteiger partial charge in [0.25, 0.3) is 15.9 Å². The van der Waals surface area contributed by atoms with E-state index in [1.54, 1.807) is 18.2 Å². The van der Waals surface area contributed by atoms with Crippen LogP contribution in [0.15, 0.2) is 88.9 Å². The normalized spacial score (nSPS) is 11.8. The van der Waals surface area contributed by atoms with E-state index in [4.69, 9.17) is 23.2 Å². The smallest absolute Gasteiger partial charge is 0.264 e. The molecule has 0 aromatic heterocycles. The van der Waals surface area contributed by atoms with Crippen molar-refractivity contribution in [2.24, 2.45) is 5.10 Å². The number of amides is 1. The zero-order valence-corrected chi connectivity index (χ0v) is 20.2. The minimum atomic E-state index is -4.06. The first-order chi connectivity index (χ1) is 15.8. The molecule has 3 aromatic carbocycles. The van der Waals surface area contributed by atoms with Crippen LogP contribution in [0.2, 0.25) is 10.0 Å². The van der Waals surface area contributed by atoms with Gasteiger partial charge < -0.3 is 0 Å². The van der Waals surface area contributed by atoms with E-state index in [0.717, 1.165) is 16.4 Å². The number of nitrogens with one attached hydrogen (secondary N) is 1. The average molecular weight is 504 g/mol. The van der Waals surface area contributed by atoms with E-state index >= 15 is 0 Å². The summed E-state index contributed by atoms with van der Waals surface area (Å²) >= 11 is 12.0. The molecule has 172 valence electrons. The Bertz CT molecular complexity index is 1230. The molecule has 1 amide bonds. The maximum atomic E-state index is 13.3. The first-order valence-corrected chi connectivity index (χ1v) is 12.3. The number of halogens is 2. The number of carbonyl (C=O) groups excluding carboxylic acids is 1. The second kappa shape index (κ2) is 11.3. The third kappa shape index (κ3) is 7.05. The summed E-state index contributed by atoms with van der Waals surface area (Å²) in [4.78, 5) is 12.6. The van der Waals surface area contributed by atoms with Crippen LogP contribution in [0, 0.1) is 0 Å². The fourth-order valence-corrected chi connectivity index (χ4v) is 4.75.